The average Bonchev–Trinajstić information content (AvgIpc) is 2.46. The summed E-state index contributed by atoms with van der Waals surface area (Å²) in [6, 6.07) is 10.1. The Morgan fingerprint density at radius 3 is 2.76 bits per heavy atom. The maximum Gasteiger partial charge on any atom is 0.329 e. The van der Waals surface area contributed by atoms with Gasteiger partial charge in [-0.3, -0.25) is 10.1 Å². The minimum atomic E-state index is -0.525. The van der Waals surface area contributed by atoms with Crippen molar-refractivity contribution in [3.63, 3.8) is 0 Å². The van der Waals surface area contributed by atoms with Crippen molar-refractivity contribution in [3.8, 4) is 0 Å². The summed E-state index contributed by atoms with van der Waals surface area (Å²) in [5, 5.41) is 13.9. The molecular weight excluding hydrogens is 292 g/mol. The van der Waals surface area contributed by atoms with Crippen LogP contribution in [0.1, 0.15) is 18.9 Å². The number of hydrogen-bond donors (Lipinski definition) is 1. The van der Waals surface area contributed by atoms with Crippen LogP contribution in [-0.4, -0.2) is 20.9 Å². The van der Waals surface area contributed by atoms with Crippen LogP contribution in [-0.2, 0) is 6.42 Å². The average molecular weight is 307 g/mol. The largest absolute Gasteiger partial charge is 0.362 e. The molecule has 1 aromatic heterocycles. The van der Waals surface area contributed by atoms with Gasteiger partial charge in [-0.15, -0.1) is 0 Å². The number of rotatable bonds is 6. The van der Waals surface area contributed by atoms with E-state index in [2.05, 4.69) is 27.4 Å². The van der Waals surface area contributed by atoms with Crippen LogP contribution in [0.5, 0.6) is 0 Å². The highest BCUT2D eigenvalue weighted by atomic mass is 35.5. The van der Waals surface area contributed by atoms with E-state index in [4.69, 9.17) is 11.6 Å². The Kier molecular flexibility index (Phi) is 5.05. The van der Waals surface area contributed by atoms with E-state index in [0.717, 1.165) is 19.0 Å². The number of aryl methyl sites for hydroxylation is 1. The molecule has 1 N–H and O–H groups in total. The van der Waals surface area contributed by atoms with Crippen LogP contribution in [0.25, 0.3) is 0 Å². The SMILES string of the molecule is CC(CCc1ccccc1)Nc1nc(Cl)ncc1[N+](=O)[O-]. The van der Waals surface area contributed by atoms with Gasteiger partial charge in [0.25, 0.3) is 0 Å². The number of halogens is 1. The summed E-state index contributed by atoms with van der Waals surface area (Å²) in [5.74, 6) is 0.153. The number of benzene rings is 1. The molecule has 7 heteroatoms. The fourth-order valence-electron chi connectivity index (χ4n) is 1.93. The van der Waals surface area contributed by atoms with Gasteiger partial charge in [0.2, 0.25) is 11.1 Å². The van der Waals surface area contributed by atoms with Crippen molar-refractivity contribution in [1.82, 2.24) is 9.97 Å². The minimum absolute atomic E-state index is 0.0154. The normalized spacial score (nSPS) is 11.9. The zero-order valence-electron chi connectivity index (χ0n) is 11.5. The molecule has 1 heterocycles. The van der Waals surface area contributed by atoms with Gasteiger partial charge in [0.1, 0.15) is 6.20 Å². The molecule has 0 amide bonds. The van der Waals surface area contributed by atoms with Gasteiger partial charge < -0.3 is 5.32 Å². The summed E-state index contributed by atoms with van der Waals surface area (Å²) in [6.45, 7) is 1.95. The molecule has 0 aliphatic heterocycles. The monoisotopic (exact) mass is 306 g/mol. The van der Waals surface area contributed by atoms with Gasteiger partial charge in [0.05, 0.1) is 4.92 Å². The van der Waals surface area contributed by atoms with Crippen molar-refractivity contribution >= 4 is 23.1 Å². The van der Waals surface area contributed by atoms with E-state index >= 15 is 0 Å². The lowest BCUT2D eigenvalue weighted by atomic mass is 10.1. The zero-order chi connectivity index (χ0) is 15.2. The number of aromatic nitrogens is 2. The molecule has 0 saturated heterocycles. The Morgan fingerprint density at radius 1 is 1.38 bits per heavy atom. The third kappa shape index (κ3) is 4.39. The van der Waals surface area contributed by atoms with Crippen molar-refractivity contribution in [2.75, 3.05) is 5.32 Å². The van der Waals surface area contributed by atoms with E-state index in [1.807, 2.05) is 25.1 Å². The van der Waals surface area contributed by atoms with Crippen molar-refractivity contribution in [1.29, 1.82) is 0 Å². The molecule has 21 heavy (non-hydrogen) atoms. The van der Waals surface area contributed by atoms with Gasteiger partial charge in [-0.2, -0.15) is 4.98 Å². The van der Waals surface area contributed by atoms with Crippen molar-refractivity contribution in [2.24, 2.45) is 0 Å². The highest BCUT2D eigenvalue weighted by Gasteiger charge is 2.18. The molecule has 0 fully saturated rings. The van der Waals surface area contributed by atoms with Crippen molar-refractivity contribution in [3.05, 3.63) is 57.5 Å². The van der Waals surface area contributed by atoms with E-state index in [1.54, 1.807) is 0 Å². The van der Waals surface area contributed by atoms with Gasteiger partial charge in [0.15, 0.2) is 0 Å². The van der Waals surface area contributed by atoms with E-state index < -0.39 is 4.92 Å². The first-order chi connectivity index (χ1) is 10.1. The molecule has 2 aromatic rings. The molecule has 6 nitrogen and oxygen atoms in total. The zero-order valence-corrected chi connectivity index (χ0v) is 12.2. The molecule has 1 aromatic carbocycles. The molecule has 0 radical (unpaired) electrons. The maximum absolute atomic E-state index is 10.9. The lowest BCUT2D eigenvalue weighted by Crippen LogP contribution is -2.18. The molecule has 0 bridgehead atoms. The number of hydrogen-bond acceptors (Lipinski definition) is 5. The van der Waals surface area contributed by atoms with Gasteiger partial charge in [-0.1, -0.05) is 30.3 Å². The Bertz CT molecular complexity index is 622. The summed E-state index contributed by atoms with van der Waals surface area (Å²) < 4.78 is 0. The van der Waals surface area contributed by atoms with Crippen LogP contribution in [0.2, 0.25) is 5.28 Å². The lowest BCUT2D eigenvalue weighted by Gasteiger charge is -2.14. The van der Waals surface area contributed by atoms with Gasteiger partial charge in [-0.05, 0) is 36.9 Å². The third-order valence-electron chi connectivity index (χ3n) is 3.03. The Morgan fingerprint density at radius 2 is 2.10 bits per heavy atom. The van der Waals surface area contributed by atoms with E-state index in [-0.39, 0.29) is 22.8 Å². The molecule has 1 unspecified atom stereocenters. The van der Waals surface area contributed by atoms with Crippen molar-refractivity contribution < 1.29 is 4.92 Å². The van der Waals surface area contributed by atoms with Gasteiger partial charge >= 0.3 is 5.69 Å². The van der Waals surface area contributed by atoms with Gasteiger partial charge in [0, 0.05) is 6.04 Å². The number of nitrogens with one attached hydrogen (secondary N) is 1. The van der Waals surface area contributed by atoms with Gasteiger partial charge in [-0.25, -0.2) is 4.98 Å². The first kappa shape index (κ1) is 15.2. The quantitative estimate of drug-likeness (QED) is 0.502. The van der Waals surface area contributed by atoms with Crippen LogP contribution in [0, 0.1) is 10.1 Å². The van der Waals surface area contributed by atoms with E-state index in [1.165, 1.54) is 5.56 Å². The molecule has 0 aliphatic rings. The maximum atomic E-state index is 10.9. The molecule has 2 rings (SSSR count). The first-order valence-corrected chi connectivity index (χ1v) is 6.91. The van der Waals surface area contributed by atoms with Crippen LogP contribution < -0.4 is 5.32 Å². The molecule has 0 spiro atoms. The lowest BCUT2D eigenvalue weighted by molar-refractivity contribution is -0.384. The van der Waals surface area contributed by atoms with Crippen LogP contribution in [0.3, 0.4) is 0 Å². The fourth-order valence-corrected chi connectivity index (χ4v) is 2.06. The number of nitro groups is 1. The summed E-state index contributed by atoms with van der Waals surface area (Å²) in [5.41, 5.74) is 1.05. The smallest absolute Gasteiger partial charge is 0.329 e. The molecule has 0 aliphatic carbocycles. The number of nitrogens with zero attached hydrogens (tertiary/aromatic N) is 3. The summed E-state index contributed by atoms with van der Waals surface area (Å²) in [7, 11) is 0. The second-order valence-electron chi connectivity index (χ2n) is 4.70. The molecule has 0 saturated carbocycles. The standard InChI is InChI=1S/C14H15ClN4O2/c1-10(7-8-11-5-3-2-4-6-11)17-13-12(19(20)21)9-16-14(15)18-13/h2-6,9-10H,7-8H2,1H3,(H,16,17,18). The topological polar surface area (TPSA) is 81.0 Å². The predicted molar refractivity (Wildman–Crippen MR) is 81.5 cm³/mol. The first-order valence-electron chi connectivity index (χ1n) is 6.53. The summed E-state index contributed by atoms with van der Waals surface area (Å²) >= 11 is 5.69. The predicted octanol–water partition coefficient (Wildman–Crippen LogP) is 3.47. The van der Waals surface area contributed by atoms with Crippen LogP contribution in [0.4, 0.5) is 11.5 Å². The molecule has 110 valence electrons. The highest BCUT2D eigenvalue weighted by molar-refractivity contribution is 6.28. The third-order valence-corrected chi connectivity index (χ3v) is 3.21. The summed E-state index contributed by atoms with van der Waals surface area (Å²) in [4.78, 5) is 17.9. The fraction of sp³-hybridized carbons (Fsp3) is 0.286. The number of anilines is 1. The Balaban J connectivity index is 2.01. The molecular formula is C14H15ClN4O2. The van der Waals surface area contributed by atoms with E-state index in [9.17, 15) is 10.1 Å². The van der Waals surface area contributed by atoms with Crippen LogP contribution >= 0.6 is 11.6 Å². The van der Waals surface area contributed by atoms with E-state index in [0.29, 0.717) is 0 Å². The second kappa shape index (κ2) is 6.99. The Labute approximate surface area is 127 Å². The highest BCUT2D eigenvalue weighted by Crippen LogP contribution is 2.23. The van der Waals surface area contributed by atoms with Crippen LogP contribution in [0.15, 0.2) is 36.5 Å². The Hall–Kier alpha value is -2.21. The summed E-state index contributed by atoms with van der Waals surface area (Å²) in [6.07, 6.45) is 2.81. The molecule has 1 atom stereocenters. The minimum Gasteiger partial charge on any atom is -0.362 e. The van der Waals surface area contributed by atoms with Crippen molar-refractivity contribution in [2.45, 2.75) is 25.8 Å². The second-order valence-corrected chi connectivity index (χ2v) is 5.04.